The number of nitriles is 1. The van der Waals surface area contributed by atoms with Gasteiger partial charge in [-0.1, -0.05) is 25.1 Å². The van der Waals surface area contributed by atoms with Gasteiger partial charge in [-0.2, -0.15) is 5.26 Å². The molecule has 0 amide bonds. The standard InChI is InChI=1S/C18H19NO3S/c1-3-23(20)13-16-7-8-17(18(10-16)21-2)22-12-15-6-4-5-14(9-15)11-19/h4-10H,3,12-13H2,1-2H3/t23-/m0/s1. The van der Waals surface area contributed by atoms with Gasteiger partial charge in [-0.25, -0.2) is 0 Å². The Morgan fingerprint density at radius 3 is 2.65 bits per heavy atom. The van der Waals surface area contributed by atoms with E-state index in [0.717, 1.165) is 11.1 Å². The van der Waals surface area contributed by atoms with E-state index in [2.05, 4.69) is 6.07 Å². The summed E-state index contributed by atoms with van der Waals surface area (Å²) < 4.78 is 22.8. The first-order valence-electron chi connectivity index (χ1n) is 7.30. The molecule has 0 fully saturated rings. The lowest BCUT2D eigenvalue weighted by molar-refractivity contribution is 0.284. The van der Waals surface area contributed by atoms with E-state index in [-0.39, 0.29) is 0 Å². The van der Waals surface area contributed by atoms with Crippen LogP contribution in [0, 0.1) is 11.3 Å². The summed E-state index contributed by atoms with van der Waals surface area (Å²) in [5.74, 6) is 2.39. The molecule has 0 aromatic heterocycles. The number of methoxy groups -OCH3 is 1. The number of hydrogen-bond acceptors (Lipinski definition) is 4. The van der Waals surface area contributed by atoms with Gasteiger partial charge in [0.15, 0.2) is 11.5 Å². The van der Waals surface area contributed by atoms with Crippen molar-refractivity contribution in [3.8, 4) is 17.6 Å². The van der Waals surface area contributed by atoms with Crippen LogP contribution < -0.4 is 9.47 Å². The maximum absolute atomic E-state index is 11.6. The molecule has 4 nitrogen and oxygen atoms in total. The molecule has 0 aliphatic heterocycles. The van der Waals surface area contributed by atoms with Crippen molar-refractivity contribution in [2.24, 2.45) is 0 Å². The van der Waals surface area contributed by atoms with Gasteiger partial charge in [0.2, 0.25) is 0 Å². The van der Waals surface area contributed by atoms with Gasteiger partial charge in [0, 0.05) is 22.3 Å². The smallest absolute Gasteiger partial charge is 0.161 e. The van der Waals surface area contributed by atoms with E-state index in [9.17, 15) is 4.21 Å². The molecule has 2 rings (SSSR count). The second-order valence-electron chi connectivity index (χ2n) is 4.96. The summed E-state index contributed by atoms with van der Waals surface area (Å²) in [5.41, 5.74) is 2.48. The van der Waals surface area contributed by atoms with E-state index in [1.165, 1.54) is 0 Å². The Labute approximate surface area is 139 Å². The molecule has 120 valence electrons. The number of rotatable bonds is 7. The van der Waals surface area contributed by atoms with Crippen LogP contribution in [0.25, 0.3) is 0 Å². The molecular formula is C18H19NO3S. The topological polar surface area (TPSA) is 59.3 Å². The first kappa shape index (κ1) is 17.0. The molecule has 23 heavy (non-hydrogen) atoms. The quantitative estimate of drug-likeness (QED) is 0.781. The number of nitrogens with zero attached hydrogens (tertiary/aromatic N) is 1. The van der Waals surface area contributed by atoms with Crippen LogP contribution in [0.1, 0.15) is 23.6 Å². The Morgan fingerprint density at radius 1 is 1.13 bits per heavy atom. The normalized spacial score (nSPS) is 11.5. The molecule has 0 unspecified atom stereocenters. The second kappa shape index (κ2) is 8.35. The molecule has 0 saturated carbocycles. The summed E-state index contributed by atoms with van der Waals surface area (Å²) in [5, 5.41) is 8.92. The van der Waals surface area contributed by atoms with Crippen molar-refractivity contribution < 1.29 is 13.7 Å². The van der Waals surface area contributed by atoms with Crippen molar-refractivity contribution in [3.63, 3.8) is 0 Å². The number of benzene rings is 2. The summed E-state index contributed by atoms with van der Waals surface area (Å²) in [6.07, 6.45) is 0. The van der Waals surface area contributed by atoms with Gasteiger partial charge in [-0.05, 0) is 35.4 Å². The zero-order chi connectivity index (χ0) is 16.7. The van der Waals surface area contributed by atoms with E-state index < -0.39 is 10.8 Å². The highest BCUT2D eigenvalue weighted by molar-refractivity contribution is 7.84. The molecule has 2 aromatic carbocycles. The Balaban J connectivity index is 2.10. The first-order valence-corrected chi connectivity index (χ1v) is 8.78. The van der Waals surface area contributed by atoms with Crippen LogP contribution in [0.15, 0.2) is 42.5 Å². The summed E-state index contributed by atoms with van der Waals surface area (Å²) in [7, 11) is 0.723. The molecule has 0 bridgehead atoms. The van der Waals surface area contributed by atoms with Crippen LogP contribution in [-0.2, 0) is 23.2 Å². The third-order valence-electron chi connectivity index (χ3n) is 3.33. The molecule has 0 N–H and O–H groups in total. The third kappa shape index (κ3) is 4.83. The maximum atomic E-state index is 11.6. The van der Waals surface area contributed by atoms with Crippen LogP contribution in [-0.4, -0.2) is 17.1 Å². The van der Waals surface area contributed by atoms with E-state index in [0.29, 0.717) is 35.2 Å². The van der Waals surface area contributed by atoms with Gasteiger partial charge in [-0.15, -0.1) is 0 Å². The lowest BCUT2D eigenvalue weighted by atomic mass is 10.1. The maximum Gasteiger partial charge on any atom is 0.161 e. The van der Waals surface area contributed by atoms with Crippen molar-refractivity contribution in [1.29, 1.82) is 5.26 Å². The van der Waals surface area contributed by atoms with Gasteiger partial charge in [-0.3, -0.25) is 4.21 Å². The predicted molar refractivity (Wildman–Crippen MR) is 90.9 cm³/mol. The number of hydrogen-bond donors (Lipinski definition) is 0. The average molecular weight is 329 g/mol. The lowest BCUT2D eigenvalue weighted by Crippen LogP contribution is -2.01. The van der Waals surface area contributed by atoms with Crippen LogP contribution in [0.4, 0.5) is 0 Å². The van der Waals surface area contributed by atoms with Crippen molar-refractivity contribution >= 4 is 10.8 Å². The fourth-order valence-corrected chi connectivity index (χ4v) is 2.86. The highest BCUT2D eigenvalue weighted by atomic mass is 32.2. The van der Waals surface area contributed by atoms with Crippen LogP contribution in [0.5, 0.6) is 11.5 Å². The number of ether oxygens (including phenoxy) is 2. The Morgan fingerprint density at radius 2 is 1.96 bits per heavy atom. The summed E-state index contributed by atoms with van der Waals surface area (Å²) in [6, 6.07) is 15.0. The Hall–Kier alpha value is -2.32. The SMILES string of the molecule is CC[S@](=O)Cc1ccc(OCc2cccc(C#N)c2)c(OC)c1. The summed E-state index contributed by atoms with van der Waals surface area (Å²) in [4.78, 5) is 0. The van der Waals surface area contributed by atoms with E-state index in [1.807, 2.05) is 37.3 Å². The van der Waals surface area contributed by atoms with Crippen LogP contribution in [0.2, 0.25) is 0 Å². The first-order chi connectivity index (χ1) is 11.2. The molecule has 0 heterocycles. The van der Waals surface area contributed by atoms with Crippen molar-refractivity contribution in [1.82, 2.24) is 0 Å². The van der Waals surface area contributed by atoms with E-state index in [4.69, 9.17) is 14.7 Å². The second-order valence-corrected chi connectivity index (χ2v) is 6.70. The van der Waals surface area contributed by atoms with Crippen molar-refractivity contribution in [3.05, 3.63) is 59.2 Å². The van der Waals surface area contributed by atoms with Crippen LogP contribution >= 0.6 is 0 Å². The lowest BCUT2D eigenvalue weighted by Gasteiger charge is -2.12. The molecule has 0 spiro atoms. The minimum atomic E-state index is -0.859. The van der Waals surface area contributed by atoms with Crippen molar-refractivity contribution in [2.45, 2.75) is 19.3 Å². The molecule has 5 heteroatoms. The van der Waals surface area contributed by atoms with Crippen LogP contribution in [0.3, 0.4) is 0 Å². The monoisotopic (exact) mass is 329 g/mol. The fraction of sp³-hybridized carbons (Fsp3) is 0.278. The third-order valence-corrected chi connectivity index (χ3v) is 4.63. The summed E-state index contributed by atoms with van der Waals surface area (Å²) >= 11 is 0. The highest BCUT2D eigenvalue weighted by Gasteiger charge is 2.08. The minimum Gasteiger partial charge on any atom is -0.493 e. The largest absolute Gasteiger partial charge is 0.493 e. The van der Waals surface area contributed by atoms with E-state index in [1.54, 1.807) is 19.2 Å². The minimum absolute atomic E-state index is 0.353. The molecule has 1 atom stereocenters. The fourth-order valence-electron chi connectivity index (χ4n) is 2.10. The molecule has 0 saturated heterocycles. The Bertz CT molecular complexity index is 737. The summed E-state index contributed by atoms with van der Waals surface area (Å²) in [6.45, 7) is 2.26. The van der Waals surface area contributed by atoms with Gasteiger partial charge in [0.25, 0.3) is 0 Å². The highest BCUT2D eigenvalue weighted by Crippen LogP contribution is 2.29. The molecular weight excluding hydrogens is 310 g/mol. The van der Waals surface area contributed by atoms with Gasteiger partial charge in [0.1, 0.15) is 6.61 Å². The molecule has 0 radical (unpaired) electrons. The zero-order valence-corrected chi connectivity index (χ0v) is 14.1. The van der Waals surface area contributed by atoms with E-state index >= 15 is 0 Å². The van der Waals surface area contributed by atoms with Gasteiger partial charge < -0.3 is 9.47 Å². The predicted octanol–water partition coefficient (Wildman–Crippen LogP) is 3.41. The van der Waals surface area contributed by atoms with Gasteiger partial charge >= 0.3 is 0 Å². The molecule has 0 aliphatic carbocycles. The molecule has 0 aliphatic rings. The average Bonchev–Trinajstić information content (AvgIpc) is 2.60. The zero-order valence-electron chi connectivity index (χ0n) is 13.2. The van der Waals surface area contributed by atoms with Gasteiger partial charge in [0.05, 0.1) is 18.7 Å². The van der Waals surface area contributed by atoms with Crippen molar-refractivity contribution in [2.75, 3.05) is 12.9 Å². The molecule has 2 aromatic rings. The Kier molecular flexibility index (Phi) is 6.19.